The molecule has 1 saturated carbocycles. The third-order valence-corrected chi connectivity index (χ3v) is 11.2. The summed E-state index contributed by atoms with van der Waals surface area (Å²) < 4.78 is 23.4. The summed E-state index contributed by atoms with van der Waals surface area (Å²) >= 11 is 0. The third-order valence-electron chi connectivity index (χ3n) is 11.2. The molecular weight excluding hydrogens is 608 g/mol. The van der Waals surface area contributed by atoms with Crippen molar-refractivity contribution in [1.82, 2.24) is 0 Å². The fourth-order valence-electron chi connectivity index (χ4n) is 9.38. The molecule has 4 aromatic carbocycles. The van der Waals surface area contributed by atoms with Gasteiger partial charge in [0.05, 0.1) is 14.2 Å². The monoisotopic (exact) mass is 650 g/mol. The Morgan fingerprint density at radius 1 is 0.750 bits per heavy atom. The van der Waals surface area contributed by atoms with E-state index in [0.717, 1.165) is 51.4 Å². The molecule has 6 atom stereocenters. The van der Waals surface area contributed by atoms with Gasteiger partial charge in [0.1, 0.15) is 12.2 Å². The number of rotatable bonds is 5. The van der Waals surface area contributed by atoms with Crippen molar-refractivity contribution >= 4 is 22.7 Å². The lowest BCUT2D eigenvalue weighted by Gasteiger charge is -2.57. The minimum atomic E-state index is -0.553. The van der Waals surface area contributed by atoms with Crippen LogP contribution in [0.1, 0.15) is 66.8 Å². The van der Waals surface area contributed by atoms with Gasteiger partial charge in [-0.3, -0.25) is 9.59 Å². The van der Waals surface area contributed by atoms with Gasteiger partial charge in [0.25, 0.3) is 0 Å². The van der Waals surface area contributed by atoms with Gasteiger partial charge < -0.3 is 29.2 Å². The zero-order valence-corrected chi connectivity index (χ0v) is 27.8. The molecule has 1 fully saturated rings. The van der Waals surface area contributed by atoms with Gasteiger partial charge in [-0.05, 0) is 107 Å². The van der Waals surface area contributed by atoms with Crippen molar-refractivity contribution in [2.24, 2.45) is 11.8 Å². The normalized spacial score (nSPS) is 26.0. The number of benzene rings is 4. The van der Waals surface area contributed by atoms with Crippen LogP contribution >= 0.6 is 0 Å². The summed E-state index contributed by atoms with van der Waals surface area (Å²) in [4.78, 5) is 25.4. The van der Waals surface area contributed by atoms with E-state index in [1.165, 1.54) is 13.8 Å². The molecule has 48 heavy (non-hydrogen) atoms. The molecule has 4 aromatic rings. The Balaban J connectivity index is 1.52. The summed E-state index contributed by atoms with van der Waals surface area (Å²) in [7, 11) is 3.09. The van der Waals surface area contributed by atoms with Gasteiger partial charge in [-0.25, -0.2) is 0 Å². The Bertz CT molecular complexity index is 1900. The molecule has 0 saturated heterocycles. The third kappa shape index (κ3) is 5.41. The van der Waals surface area contributed by atoms with E-state index in [1.54, 1.807) is 14.2 Å². The molecule has 3 aliphatic carbocycles. The number of esters is 2. The van der Waals surface area contributed by atoms with Gasteiger partial charge in [-0.1, -0.05) is 42.5 Å². The molecule has 6 unspecified atom stereocenters. The molecule has 0 amide bonds. The summed E-state index contributed by atoms with van der Waals surface area (Å²) in [6.45, 7) is 2.86. The molecule has 7 rings (SSSR count). The van der Waals surface area contributed by atoms with Gasteiger partial charge in [-0.2, -0.15) is 0 Å². The maximum absolute atomic E-state index is 12.8. The zero-order chi connectivity index (χ0) is 33.7. The highest BCUT2D eigenvalue weighted by atomic mass is 16.6. The van der Waals surface area contributed by atoms with Gasteiger partial charge in [0.15, 0.2) is 23.0 Å². The van der Waals surface area contributed by atoms with E-state index in [4.69, 9.17) is 18.9 Å². The number of carbonyl (C=O) groups is 2. The van der Waals surface area contributed by atoms with Gasteiger partial charge in [0, 0.05) is 31.6 Å². The molecular formula is C40H42O8. The second kappa shape index (κ2) is 12.4. The van der Waals surface area contributed by atoms with E-state index in [2.05, 4.69) is 30.3 Å². The standard InChI is InChI=1S/C40H42O8/c1-22(41)47-30-18-32-31-20-39(46-4)35(43)15-26(31)10-12-33(32)40(29-11-9-24-7-5-6-8-25(24)13-29)21-28-16-36(44)38(45-3)17-27(28)14-34(40)37(19-30)48-23(2)42/h5-9,11,13,15-17,20,30,32-34,37,43-44H,10,12,14,18-19,21H2,1-4H3. The van der Waals surface area contributed by atoms with Crippen molar-refractivity contribution in [2.75, 3.05) is 14.2 Å². The van der Waals surface area contributed by atoms with Crippen molar-refractivity contribution in [3.8, 4) is 23.0 Å². The van der Waals surface area contributed by atoms with Crippen LogP contribution < -0.4 is 9.47 Å². The van der Waals surface area contributed by atoms with Crippen molar-refractivity contribution in [1.29, 1.82) is 0 Å². The highest BCUT2D eigenvalue weighted by molar-refractivity contribution is 5.83. The van der Waals surface area contributed by atoms with Crippen LogP contribution in [0.2, 0.25) is 0 Å². The van der Waals surface area contributed by atoms with Crippen molar-refractivity contribution in [2.45, 2.75) is 75.9 Å². The average Bonchev–Trinajstić information content (AvgIpc) is 3.05. The summed E-state index contributed by atoms with van der Waals surface area (Å²) in [5, 5.41) is 24.0. The maximum Gasteiger partial charge on any atom is 0.302 e. The highest BCUT2D eigenvalue weighted by Crippen LogP contribution is 2.60. The Labute approximate surface area is 280 Å². The van der Waals surface area contributed by atoms with E-state index in [0.29, 0.717) is 37.2 Å². The van der Waals surface area contributed by atoms with Gasteiger partial charge in [0.2, 0.25) is 0 Å². The summed E-state index contributed by atoms with van der Waals surface area (Å²) in [5.41, 5.74) is 4.80. The first-order valence-corrected chi connectivity index (χ1v) is 16.7. The molecule has 3 aliphatic rings. The first-order chi connectivity index (χ1) is 23.1. The number of phenols is 2. The Morgan fingerprint density at radius 3 is 2.15 bits per heavy atom. The van der Waals surface area contributed by atoms with Crippen LogP contribution in [0.4, 0.5) is 0 Å². The van der Waals surface area contributed by atoms with Crippen molar-refractivity contribution in [3.63, 3.8) is 0 Å². The number of phenolic OH excluding ortho intramolecular Hbond substituents is 2. The molecule has 250 valence electrons. The number of aromatic hydroxyl groups is 2. The van der Waals surface area contributed by atoms with Crippen LogP contribution in [0.5, 0.6) is 23.0 Å². The lowest BCUT2D eigenvalue weighted by atomic mass is 9.47. The predicted molar refractivity (Wildman–Crippen MR) is 181 cm³/mol. The van der Waals surface area contributed by atoms with Crippen LogP contribution in [0.25, 0.3) is 10.8 Å². The van der Waals surface area contributed by atoms with Crippen molar-refractivity contribution < 1.29 is 38.7 Å². The summed E-state index contributed by atoms with van der Waals surface area (Å²) in [6.07, 6.45) is 2.50. The van der Waals surface area contributed by atoms with E-state index in [-0.39, 0.29) is 41.2 Å². The molecule has 8 nitrogen and oxygen atoms in total. The summed E-state index contributed by atoms with van der Waals surface area (Å²) in [6, 6.07) is 22.5. The minimum Gasteiger partial charge on any atom is -0.504 e. The van der Waals surface area contributed by atoms with Gasteiger partial charge >= 0.3 is 11.9 Å². The minimum absolute atomic E-state index is 0.0132. The number of fused-ring (bicyclic) bond motifs is 7. The molecule has 0 heterocycles. The largest absolute Gasteiger partial charge is 0.504 e. The molecule has 0 radical (unpaired) electrons. The maximum atomic E-state index is 12.8. The first kappa shape index (κ1) is 31.9. The number of carbonyl (C=O) groups excluding carboxylic acids is 2. The summed E-state index contributed by atoms with van der Waals surface area (Å²) in [5.74, 6) is -0.0289. The average molecular weight is 651 g/mol. The molecule has 8 heteroatoms. The number of hydrogen-bond donors (Lipinski definition) is 2. The SMILES string of the molecule is COc1cc2c(cc1O)CC1(c3ccc4ccccc4c3)C(C2)C(OC(C)=O)CC(OC(C)=O)CC2c3cc(OC)c(O)cc3CCC21. The topological polar surface area (TPSA) is 112 Å². The molecule has 2 N–H and O–H groups in total. The fraction of sp³-hybridized carbons (Fsp3) is 0.400. The zero-order valence-electron chi connectivity index (χ0n) is 27.8. The van der Waals surface area contributed by atoms with Crippen LogP contribution in [-0.4, -0.2) is 48.6 Å². The Hall–Kier alpha value is -4.72. The number of ether oxygens (including phenoxy) is 4. The van der Waals surface area contributed by atoms with E-state index in [1.807, 2.05) is 36.4 Å². The molecule has 0 spiro atoms. The number of hydrogen-bond acceptors (Lipinski definition) is 8. The smallest absolute Gasteiger partial charge is 0.302 e. The lowest BCUT2D eigenvalue weighted by Crippen LogP contribution is -2.57. The van der Waals surface area contributed by atoms with Crippen LogP contribution in [0.15, 0.2) is 66.7 Å². The van der Waals surface area contributed by atoms with Crippen LogP contribution in [0, 0.1) is 11.8 Å². The number of aryl methyl sites for hydroxylation is 1. The molecule has 0 bridgehead atoms. The van der Waals surface area contributed by atoms with E-state index >= 15 is 0 Å². The van der Waals surface area contributed by atoms with Gasteiger partial charge in [-0.15, -0.1) is 0 Å². The quantitative estimate of drug-likeness (QED) is 0.224. The van der Waals surface area contributed by atoms with Crippen molar-refractivity contribution in [3.05, 3.63) is 94.5 Å². The first-order valence-electron chi connectivity index (χ1n) is 16.7. The highest BCUT2D eigenvalue weighted by Gasteiger charge is 2.58. The van der Waals surface area contributed by atoms with E-state index in [9.17, 15) is 19.8 Å². The Kier molecular flexibility index (Phi) is 8.22. The fourth-order valence-corrected chi connectivity index (χ4v) is 9.38. The van der Waals surface area contributed by atoms with E-state index < -0.39 is 17.6 Å². The second-order valence-corrected chi connectivity index (χ2v) is 13.7. The van der Waals surface area contributed by atoms with Crippen LogP contribution in [0.3, 0.4) is 0 Å². The molecule has 0 aliphatic heterocycles. The Morgan fingerprint density at radius 2 is 1.44 bits per heavy atom. The van der Waals surface area contributed by atoms with Crippen LogP contribution in [-0.2, 0) is 43.7 Å². The molecule has 0 aromatic heterocycles. The lowest BCUT2D eigenvalue weighted by molar-refractivity contribution is -0.161. The predicted octanol–water partition coefficient (Wildman–Crippen LogP) is 6.92. The second-order valence-electron chi connectivity index (χ2n) is 13.7. The number of methoxy groups -OCH3 is 2.